The number of benzene rings is 1. The minimum Gasteiger partial charge on any atom is -0.288 e. The van der Waals surface area contributed by atoms with Crippen molar-refractivity contribution in [1.82, 2.24) is 20.2 Å². The van der Waals surface area contributed by atoms with E-state index in [1.807, 2.05) is 26.0 Å². The first-order chi connectivity index (χ1) is 9.60. The number of amides is 1. The Kier molecular flexibility index (Phi) is 4.45. The Bertz CT molecular complexity index is 605. The topological polar surface area (TPSA) is 72.7 Å². The number of hydrogen-bond acceptors (Lipinski definition) is 4. The van der Waals surface area contributed by atoms with Crippen LogP contribution in [-0.2, 0) is 6.54 Å². The summed E-state index contributed by atoms with van der Waals surface area (Å²) in [4.78, 5) is 13.6. The molecule has 0 atom stereocenters. The number of nitrogens with one attached hydrogen (secondary N) is 1. The molecule has 1 N–H and O–H groups in total. The zero-order valence-corrected chi connectivity index (χ0v) is 12.1. The molecular weight excluding hydrogens is 254 g/mol. The lowest BCUT2D eigenvalue weighted by Gasteiger charge is -2.04. The number of carbonyl (C=O) groups is 1. The summed E-state index contributed by atoms with van der Waals surface area (Å²) in [5.41, 5.74) is 2.83. The lowest BCUT2D eigenvalue weighted by molar-refractivity contribution is 0.102. The van der Waals surface area contributed by atoms with Crippen molar-refractivity contribution in [3.8, 4) is 0 Å². The number of nitrogens with zero attached hydrogens (tertiary/aromatic N) is 4. The fraction of sp³-hybridized carbons (Fsp3) is 0.429. The van der Waals surface area contributed by atoms with Gasteiger partial charge in [0, 0.05) is 5.56 Å². The van der Waals surface area contributed by atoms with E-state index >= 15 is 0 Å². The summed E-state index contributed by atoms with van der Waals surface area (Å²) in [5, 5.41) is 14.5. The SMILES string of the molecule is CCCCn1nnc(NC(=O)c2ccc(C)c(C)c2)n1. The molecule has 20 heavy (non-hydrogen) atoms. The van der Waals surface area contributed by atoms with E-state index < -0.39 is 0 Å². The molecule has 1 amide bonds. The van der Waals surface area contributed by atoms with Crippen molar-refractivity contribution in [2.75, 3.05) is 5.32 Å². The summed E-state index contributed by atoms with van der Waals surface area (Å²) in [6.45, 7) is 6.80. The van der Waals surface area contributed by atoms with E-state index in [1.54, 1.807) is 6.07 Å². The average Bonchev–Trinajstić information content (AvgIpc) is 2.87. The van der Waals surface area contributed by atoms with Crippen LogP contribution >= 0.6 is 0 Å². The third-order valence-corrected chi connectivity index (χ3v) is 3.16. The number of unbranched alkanes of at least 4 members (excludes halogenated alkanes) is 1. The van der Waals surface area contributed by atoms with Crippen LogP contribution in [0.5, 0.6) is 0 Å². The zero-order valence-electron chi connectivity index (χ0n) is 12.1. The van der Waals surface area contributed by atoms with Crippen molar-refractivity contribution in [3.63, 3.8) is 0 Å². The fourth-order valence-electron chi connectivity index (χ4n) is 1.74. The minimum absolute atomic E-state index is 0.219. The Morgan fingerprint density at radius 1 is 1.30 bits per heavy atom. The van der Waals surface area contributed by atoms with Gasteiger partial charge in [0.1, 0.15) is 0 Å². The van der Waals surface area contributed by atoms with Crippen molar-refractivity contribution in [3.05, 3.63) is 34.9 Å². The van der Waals surface area contributed by atoms with Crippen LogP contribution in [-0.4, -0.2) is 26.1 Å². The third-order valence-electron chi connectivity index (χ3n) is 3.16. The smallest absolute Gasteiger partial charge is 0.270 e. The molecule has 0 saturated heterocycles. The minimum atomic E-state index is -0.219. The normalized spacial score (nSPS) is 10.6. The van der Waals surface area contributed by atoms with Crippen LogP contribution in [0.15, 0.2) is 18.2 Å². The van der Waals surface area contributed by atoms with Gasteiger partial charge in [0.15, 0.2) is 0 Å². The summed E-state index contributed by atoms with van der Waals surface area (Å²) >= 11 is 0. The molecule has 0 aliphatic carbocycles. The molecule has 6 heteroatoms. The Labute approximate surface area is 118 Å². The van der Waals surface area contributed by atoms with Gasteiger partial charge in [0.05, 0.1) is 6.54 Å². The predicted octanol–water partition coefficient (Wildman–Crippen LogP) is 2.34. The Hall–Kier alpha value is -2.24. The van der Waals surface area contributed by atoms with Crippen molar-refractivity contribution < 1.29 is 4.79 Å². The van der Waals surface area contributed by atoms with Gasteiger partial charge in [-0.2, -0.15) is 4.80 Å². The molecule has 0 radical (unpaired) electrons. The van der Waals surface area contributed by atoms with Crippen LogP contribution in [0.1, 0.15) is 41.3 Å². The highest BCUT2D eigenvalue weighted by molar-refractivity contribution is 6.03. The quantitative estimate of drug-likeness (QED) is 0.907. The largest absolute Gasteiger partial charge is 0.288 e. The monoisotopic (exact) mass is 273 g/mol. The highest BCUT2D eigenvalue weighted by Gasteiger charge is 2.10. The zero-order chi connectivity index (χ0) is 14.5. The molecule has 0 spiro atoms. The summed E-state index contributed by atoms with van der Waals surface area (Å²) < 4.78 is 0. The van der Waals surface area contributed by atoms with Gasteiger partial charge in [0.2, 0.25) is 0 Å². The van der Waals surface area contributed by atoms with Gasteiger partial charge in [-0.15, -0.1) is 5.10 Å². The molecule has 0 saturated carbocycles. The van der Waals surface area contributed by atoms with E-state index in [0.717, 1.165) is 24.0 Å². The first-order valence-electron chi connectivity index (χ1n) is 6.76. The second-order valence-electron chi connectivity index (χ2n) is 4.82. The molecule has 0 fully saturated rings. The van der Waals surface area contributed by atoms with Crippen LogP contribution in [0.3, 0.4) is 0 Å². The maximum atomic E-state index is 12.1. The summed E-state index contributed by atoms with van der Waals surface area (Å²) in [7, 11) is 0. The number of rotatable bonds is 5. The molecule has 2 rings (SSSR count). The maximum Gasteiger partial charge on any atom is 0.270 e. The van der Waals surface area contributed by atoms with Crippen LogP contribution in [0, 0.1) is 13.8 Å². The maximum absolute atomic E-state index is 12.1. The van der Waals surface area contributed by atoms with Gasteiger partial charge in [-0.3, -0.25) is 10.1 Å². The lowest BCUT2D eigenvalue weighted by Crippen LogP contribution is -2.13. The molecule has 0 unspecified atom stereocenters. The first-order valence-corrected chi connectivity index (χ1v) is 6.76. The summed E-state index contributed by atoms with van der Waals surface area (Å²) in [6.07, 6.45) is 2.05. The number of aromatic nitrogens is 4. The van der Waals surface area contributed by atoms with Gasteiger partial charge in [-0.1, -0.05) is 24.5 Å². The molecule has 0 aliphatic heterocycles. The molecule has 2 aromatic rings. The van der Waals surface area contributed by atoms with E-state index in [1.165, 1.54) is 4.80 Å². The van der Waals surface area contributed by atoms with Gasteiger partial charge >= 0.3 is 0 Å². The van der Waals surface area contributed by atoms with Crippen molar-refractivity contribution in [2.24, 2.45) is 0 Å². The van der Waals surface area contributed by atoms with Crippen LogP contribution < -0.4 is 5.32 Å². The number of anilines is 1. The predicted molar refractivity (Wildman–Crippen MR) is 76.6 cm³/mol. The summed E-state index contributed by atoms with van der Waals surface area (Å²) in [6, 6.07) is 5.57. The molecule has 1 heterocycles. The van der Waals surface area contributed by atoms with Gasteiger partial charge in [0.25, 0.3) is 11.9 Å². The number of aryl methyl sites for hydroxylation is 3. The molecule has 1 aromatic carbocycles. The summed E-state index contributed by atoms with van der Waals surface area (Å²) in [5.74, 6) is 0.0208. The Balaban J connectivity index is 2.03. The van der Waals surface area contributed by atoms with Crippen LogP contribution in [0.2, 0.25) is 0 Å². The lowest BCUT2D eigenvalue weighted by atomic mass is 10.1. The Morgan fingerprint density at radius 3 is 2.80 bits per heavy atom. The number of carbonyl (C=O) groups excluding carboxylic acids is 1. The van der Waals surface area contributed by atoms with Gasteiger partial charge in [-0.25, -0.2) is 0 Å². The average molecular weight is 273 g/mol. The highest BCUT2D eigenvalue weighted by atomic mass is 16.1. The molecule has 0 bridgehead atoms. The van der Waals surface area contributed by atoms with Gasteiger partial charge in [-0.05, 0) is 48.7 Å². The van der Waals surface area contributed by atoms with E-state index in [2.05, 4.69) is 27.7 Å². The third kappa shape index (κ3) is 3.40. The Morgan fingerprint density at radius 2 is 2.10 bits per heavy atom. The standard InChI is InChI=1S/C14H19N5O/c1-4-5-8-19-17-14(16-18-19)15-13(20)12-7-6-10(2)11(3)9-12/h6-7,9H,4-5,8H2,1-3H3,(H,15,17,20). The van der Waals surface area contributed by atoms with Crippen molar-refractivity contribution in [1.29, 1.82) is 0 Å². The van der Waals surface area contributed by atoms with Crippen molar-refractivity contribution >= 4 is 11.9 Å². The number of hydrogen-bond donors (Lipinski definition) is 1. The molecule has 106 valence electrons. The molecule has 0 aliphatic rings. The molecular formula is C14H19N5O. The molecule has 6 nitrogen and oxygen atoms in total. The highest BCUT2D eigenvalue weighted by Crippen LogP contribution is 2.11. The fourth-order valence-corrected chi connectivity index (χ4v) is 1.74. The second-order valence-corrected chi connectivity index (χ2v) is 4.82. The van der Waals surface area contributed by atoms with Crippen LogP contribution in [0.25, 0.3) is 0 Å². The van der Waals surface area contributed by atoms with Gasteiger partial charge < -0.3 is 0 Å². The molecule has 1 aromatic heterocycles. The van der Waals surface area contributed by atoms with E-state index in [9.17, 15) is 4.79 Å². The van der Waals surface area contributed by atoms with E-state index in [0.29, 0.717) is 12.1 Å². The van der Waals surface area contributed by atoms with Crippen LogP contribution in [0.4, 0.5) is 5.95 Å². The van der Waals surface area contributed by atoms with E-state index in [4.69, 9.17) is 0 Å². The van der Waals surface area contributed by atoms with E-state index in [-0.39, 0.29) is 11.9 Å². The first kappa shape index (κ1) is 14.2. The number of tetrazole rings is 1. The van der Waals surface area contributed by atoms with Crippen molar-refractivity contribution in [2.45, 2.75) is 40.2 Å². The second kappa shape index (κ2) is 6.27.